The number of carbonyl (C=O) groups is 1. The zero-order chi connectivity index (χ0) is 16.2. The second-order valence-electron chi connectivity index (χ2n) is 5.09. The fourth-order valence-corrected chi connectivity index (χ4v) is 1.88. The van der Waals surface area contributed by atoms with Crippen molar-refractivity contribution >= 4 is 5.91 Å². The standard InChI is InChI=1S/C14H19F3N2O2/c1-8(4-13(21)19(2)3)18-12(7-20)9-5-10(15)14(17)11(16)6-9/h5-6,8,12,18,20H,4,7H2,1-3H3. The molecule has 0 bridgehead atoms. The summed E-state index contributed by atoms with van der Waals surface area (Å²) >= 11 is 0. The van der Waals surface area contributed by atoms with Crippen molar-refractivity contribution in [3.8, 4) is 0 Å². The van der Waals surface area contributed by atoms with Crippen molar-refractivity contribution in [2.45, 2.75) is 25.4 Å². The van der Waals surface area contributed by atoms with Crippen molar-refractivity contribution in [2.24, 2.45) is 0 Å². The molecular weight excluding hydrogens is 285 g/mol. The Morgan fingerprint density at radius 1 is 1.29 bits per heavy atom. The fourth-order valence-electron chi connectivity index (χ4n) is 1.88. The second kappa shape index (κ2) is 7.42. The highest BCUT2D eigenvalue weighted by atomic mass is 19.2. The fraction of sp³-hybridized carbons (Fsp3) is 0.500. The first-order valence-corrected chi connectivity index (χ1v) is 6.47. The molecule has 0 radical (unpaired) electrons. The van der Waals surface area contributed by atoms with Crippen LogP contribution in [0.1, 0.15) is 24.9 Å². The molecule has 0 saturated heterocycles. The number of aliphatic hydroxyl groups excluding tert-OH is 1. The Balaban J connectivity index is 2.82. The van der Waals surface area contributed by atoms with Gasteiger partial charge in [-0.25, -0.2) is 13.2 Å². The second-order valence-corrected chi connectivity index (χ2v) is 5.09. The Kier molecular flexibility index (Phi) is 6.17. The van der Waals surface area contributed by atoms with Crippen LogP contribution in [-0.4, -0.2) is 42.7 Å². The van der Waals surface area contributed by atoms with Gasteiger partial charge in [0.15, 0.2) is 17.5 Å². The summed E-state index contributed by atoms with van der Waals surface area (Å²) in [7, 11) is 3.23. The first kappa shape index (κ1) is 17.5. The molecule has 0 aromatic heterocycles. The largest absolute Gasteiger partial charge is 0.394 e. The summed E-state index contributed by atoms with van der Waals surface area (Å²) < 4.78 is 39.3. The van der Waals surface area contributed by atoms with Gasteiger partial charge in [-0.3, -0.25) is 4.79 Å². The van der Waals surface area contributed by atoms with Crippen molar-refractivity contribution < 1.29 is 23.1 Å². The molecule has 118 valence electrons. The van der Waals surface area contributed by atoms with E-state index in [1.165, 1.54) is 4.90 Å². The van der Waals surface area contributed by atoms with Crippen LogP contribution in [0.15, 0.2) is 12.1 Å². The molecule has 21 heavy (non-hydrogen) atoms. The molecule has 0 aliphatic heterocycles. The Labute approximate surface area is 121 Å². The zero-order valence-electron chi connectivity index (χ0n) is 12.2. The van der Waals surface area contributed by atoms with E-state index < -0.39 is 30.1 Å². The SMILES string of the molecule is CC(CC(=O)N(C)C)NC(CO)c1cc(F)c(F)c(F)c1. The van der Waals surface area contributed by atoms with Gasteiger partial charge >= 0.3 is 0 Å². The molecule has 2 unspecified atom stereocenters. The van der Waals surface area contributed by atoms with E-state index in [2.05, 4.69) is 5.32 Å². The van der Waals surface area contributed by atoms with Crippen molar-refractivity contribution in [2.75, 3.05) is 20.7 Å². The minimum atomic E-state index is -1.55. The third kappa shape index (κ3) is 4.71. The molecule has 2 N–H and O–H groups in total. The highest BCUT2D eigenvalue weighted by Crippen LogP contribution is 2.20. The summed E-state index contributed by atoms with van der Waals surface area (Å²) in [6.45, 7) is 1.27. The van der Waals surface area contributed by atoms with Gasteiger partial charge in [0, 0.05) is 26.6 Å². The summed E-state index contributed by atoms with van der Waals surface area (Å²) in [5.74, 6) is -4.31. The Bertz CT molecular complexity index is 486. The van der Waals surface area contributed by atoms with Gasteiger partial charge in [0.25, 0.3) is 0 Å². The number of hydrogen-bond acceptors (Lipinski definition) is 3. The number of hydrogen-bond donors (Lipinski definition) is 2. The number of amides is 1. The lowest BCUT2D eigenvalue weighted by Gasteiger charge is -2.23. The van der Waals surface area contributed by atoms with Crippen LogP contribution >= 0.6 is 0 Å². The molecule has 7 heteroatoms. The molecule has 4 nitrogen and oxygen atoms in total. The normalized spacial score (nSPS) is 13.9. The van der Waals surface area contributed by atoms with Gasteiger partial charge < -0.3 is 15.3 Å². The first-order chi connectivity index (χ1) is 9.76. The third-order valence-corrected chi connectivity index (χ3v) is 3.06. The highest BCUT2D eigenvalue weighted by Gasteiger charge is 2.20. The van der Waals surface area contributed by atoms with Crippen molar-refractivity contribution in [3.63, 3.8) is 0 Å². The van der Waals surface area contributed by atoms with Crippen LogP contribution in [0, 0.1) is 17.5 Å². The predicted octanol–water partition coefficient (Wildman–Crippen LogP) is 1.59. The average molecular weight is 304 g/mol. The lowest BCUT2D eigenvalue weighted by molar-refractivity contribution is -0.129. The number of nitrogens with zero attached hydrogens (tertiary/aromatic N) is 1. The minimum absolute atomic E-state index is 0.0815. The maximum atomic E-state index is 13.2. The predicted molar refractivity (Wildman–Crippen MR) is 72.1 cm³/mol. The van der Waals surface area contributed by atoms with Gasteiger partial charge in [-0.05, 0) is 24.6 Å². The molecule has 1 aromatic carbocycles. The summed E-state index contributed by atoms with van der Waals surface area (Å²) in [6, 6.07) is 0.535. The third-order valence-electron chi connectivity index (χ3n) is 3.06. The van der Waals surface area contributed by atoms with Gasteiger partial charge in [0.1, 0.15) is 0 Å². The quantitative estimate of drug-likeness (QED) is 0.785. The summed E-state index contributed by atoms with van der Waals surface area (Å²) in [6.07, 6.45) is 0.162. The zero-order valence-corrected chi connectivity index (χ0v) is 12.2. The topological polar surface area (TPSA) is 52.6 Å². The number of halogens is 3. The smallest absolute Gasteiger partial charge is 0.223 e. The molecule has 1 amide bonds. The molecule has 0 aliphatic rings. The van der Waals surface area contributed by atoms with Crippen LogP contribution in [0.3, 0.4) is 0 Å². The maximum absolute atomic E-state index is 13.2. The molecule has 1 aromatic rings. The van der Waals surface area contributed by atoms with Crippen molar-refractivity contribution in [3.05, 3.63) is 35.1 Å². The molecule has 0 fully saturated rings. The Hall–Kier alpha value is -1.60. The van der Waals surface area contributed by atoms with E-state index in [9.17, 15) is 23.1 Å². The van der Waals surface area contributed by atoms with Gasteiger partial charge in [0.05, 0.1) is 12.6 Å². The Morgan fingerprint density at radius 2 is 1.81 bits per heavy atom. The molecule has 0 heterocycles. The van der Waals surface area contributed by atoms with Crippen molar-refractivity contribution in [1.82, 2.24) is 10.2 Å². The monoisotopic (exact) mass is 304 g/mol. The summed E-state index contributed by atoms with van der Waals surface area (Å²) in [5.41, 5.74) is 0.0815. The van der Waals surface area contributed by atoms with E-state index in [-0.39, 0.29) is 23.9 Å². The summed E-state index contributed by atoms with van der Waals surface area (Å²) in [4.78, 5) is 13.0. The van der Waals surface area contributed by atoms with Crippen LogP contribution in [0.25, 0.3) is 0 Å². The van der Waals surface area contributed by atoms with Gasteiger partial charge in [-0.2, -0.15) is 0 Å². The highest BCUT2D eigenvalue weighted by molar-refractivity contribution is 5.76. The average Bonchev–Trinajstić information content (AvgIpc) is 2.41. The van der Waals surface area contributed by atoms with Crippen molar-refractivity contribution in [1.29, 1.82) is 0 Å². The van der Waals surface area contributed by atoms with Crippen LogP contribution in [-0.2, 0) is 4.79 Å². The molecule has 2 atom stereocenters. The van der Waals surface area contributed by atoms with Crippen LogP contribution in [0.4, 0.5) is 13.2 Å². The minimum Gasteiger partial charge on any atom is -0.394 e. The number of carbonyl (C=O) groups excluding carboxylic acids is 1. The molecule has 0 spiro atoms. The number of rotatable bonds is 6. The first-order valence-electron chi connectivity index (χ1n) is 6.47. The number of aliphatic hydroxyl groups is 1. The number of nitrogens with one attached hydrogen (secondary N) is 1. The van der Waals surface area contributed by atoms with E-state index in [1.54, 1.807) is 21.0 Å². The van der Waals surface area contributed by atoms with E-state index in [4.69, 9.17) is 0 Å². The molecule has 1 rings (SSSR count). The van der Waals surface area contributed by atoms with Crippen LogP contribution in [0.5, 0.6) is 0 Å². The molecule has 0 saturated carbocycles. The van der Waals surface area contributed by atoms with E-state index in [1.807, 2.05) is 0 Å². The molecule has 0 aliphatic carbocycles. The van der Waals surface area contributed by atoms with Crippen LogP contribution in [0.2, 0.25) is 0 Å². The van der Waals surface area contributed by atoms with Crippen LogP contribution < -0.4 is 5.32 Å². The van der Waals surface area contributed by atoms with E-state index >= 15 is 0 Å². The number of benzene rings is 1. The van der Waals surface area contributed by atoms with Gasteiger partial charge in [0.2, 0.25) is 5.91 Å². The lowest BCUT2D eigenvalue weighted by Crippen LogP contribution is -2.37. The van der Waals surface area contributed by atoms with E-state index in [0.717, 1.165) is 12.1 Å². The Morgan fingerprint density at radius 3 is 2.24 bits per heavy atom. The van der Waals surface area contributed by atoms with Gasteiger partial charge in [-0.1, -0.05) is 0 Å². The van der Waals surface area contributed by atoms with E-state index in [0.29, 0.717) is 0 Å². The summed E-state index contributed by atoms with van der Waals surface area (Å²) in [5, 5.41) is 12.2. The lowest BCUT2D eigenvalue weighted by atomic mass is 10.0. The molecular formula is C14H19F3N2O2. The maximum Gasteiger partial charge on any atom is 0.223 e. The van der Waals surface area contributed by atoms with Gasteiger partial charge in [-0.15, -0.1) is 0 Å².